The van der Waals surface area contributed by atoms with Crippen LogP contribution >= 0.6 is 12.2 Å². The summed E-state index contributed by atoms with van der Waals surface area (Å²) in [5, 5.41) is 6.10. The number of hydrogen-bond acceptors (Lipinski definition) is 5. The van der Waals surface area contributed by atoms with Gasteiger partial charge in [-0.2, -0.15) is 0 Å². The van der Waals surface area contributed by atoms with Crippen molar-refractivity contribution >= 4 is 35.1 Å². The second kappa shape index (κ2) is 8.92. The van der Waals surface area contributed by atoms with Gasteiger partial charge in [0, 0.05) is 13.1 Å². The van der Waals surface area contributed by atoms with E-state index in [1.165, 1.54) is 25.7 Å². The van der Waals surface area contributed by atoms with E-state index in [-0.39, 0.29) is 40.8 Å². The van der Waals surface area contributed by atoms with Crippen molar-refractivity contribution in [1.82, 2.24) is 15.5 Å². The van der Waals surface area contributed by atoms with Crippen LogP contribution in [0.25, 0.3) is 0 Å². The van der Waals surface area contributed by atoms with Gasteiger partial charge < -0.3 is 20.3 Å². The Bertz CT molecular complexity index is 759. The van der Waals surface area contributed by atoms with Crippen LogP contribution in [0.3, 0.4) is 0 Å². The first-order chi connectivity index (χ1) is 15.4. The molecular formula is C24H35N3O4S. The summed E-state index contributed by atoms with van der Waals surface area (Å²) in [6.07, 6.45) is 11.7. The first-order valence-corrected chi connectivity index (χ1v) is 12.9. The van der Waals surface area contributed by atoms with Crippen molar-refractivity contribution in [2.45, 2.75) is 89.2 Å². The standard InChI is InChI=1S/C24H35N3O4S/c28-20(31-18-4-2-1-3-5-18)11-19-21(29)25-6-7-27(19)23(32)26-22(30)24-12-15-8-16(13-24)10-17(9-15)14-24/h15-19H,1-14H2,(H,25,29)(H,26,30,32). The molecule has 6 aliphatic rings. The molecule has 1 atom stereocenters. The number of nitrogens with zero attached hydrogens (tertiary/aromatic N) is 1. The van der Waals surface area contributed by atoms with E-state index in [0.717, 1.165) is 44.9 Å². The van der Waals surface area contributed by atoms with E-state index in [4.69, 9.17) is 17.0 Å². The molecule has 0 aromatic rings. The van der Waals surface area contributed by atoms with Crippen molar-refractivity contribution < 1.29 is 19.1 Å². The highest BCUT2D eigenvalue weighted by atomic mass is 32.1. The molecular weight excluding hydrogens is 426 g/mol. The molecule has 6 rings (SSSR count). The number of nitrogens with one attached hydrogen (secondary N) is 2. The van der Waals surface area contributed by atoms with E-state index in [9.17, 15) is 14.4 Å². The predicted molar refractivity (Wildman–Crippen MR) is 122 cm³/mol. The number of amides is 2. The number of ether oxygens (including phenoxy) is 1. The fraction of sp³-hybridized carbons (Fsp3) is 0.833. The molecule has 6 fully saturated rings. The van der Waals surface area contributed by atoms with Crippen LogP contribution < -0.4 is 10.6 Å². The topological polar surface area (TPSA) is 87.7 Å². The number of hydrogen-bond donors (Lipinski definition) is 2. The molecule has 5 saturated carbocycles. The van der Waals surface area contributed by atoms with Crippen molar-refractivity contribution in [3.8, 4) is 0 Å². The Hall–Kier alpha value is -1.70. The van der Waals surface area contributed by atoms with E-state index in [1.54, 1.807) is 4.90 Å². The lowest BCUT2D eigenvalue weighted by atomic mass is 9.49. The van der Waals surface area contributed by atoms with Gasteiger partial charge in [0.25, 0.3) is 0 Å². The minimum Gasteiger partial charge on any atom is -0.462 e. The van der Waals surface area contributed by atoms with Crippen LogP contribution in [0.1, 0.15) is 77.0 Å². The molecule has 2 amide bonds. The molecule has 1 aliphatic heterocycles. The van der Waals surface area contributed by atoms with Gasteiger partial charge in [0.1, 0.15) is 12.1 Å². The normalized spacial score (nSPS) is 36.5. The van der Waals surface area contributed by atoms with Crippen LogP contribution in [0.4, 0.5) is 0 Å². The highest BCUT2D eigenvalue weighted by Crippen LogP contribution is 2.60. The van der Waals surface area contributed by atoms with Crippen LogP contribution in [0.5, 0.6) is 0 Å². The maximum absolute atomic E-state index is 13.4. The molecule has 0 radical (unpaired) electrons. The number of thiocarbonyl (C=S) groups is 1. The molecule has 8 heteroatoms. The summed E-state index contributed by atoms with van der Waals surface area (Å²) >= 11 is 5.61. The number of rotatable bonds is 4. The highest BCUT2D eigenvalue weighted by molar-refractivity contribution is 7.80. The summed E-state index contributed by atoms with van der Waals surface area (Å²) < 4.78 is 5.64. The average Bonchev–Trinajstić information content (AvgIpc) is 2.75. The smallest absolute Gasteiger partial charge is 0.308 e. The minimum atomic E-state index is -0.732. The second-order valence-electron chi connectivity index (χ2n) is 10.9. The van der Waals surface area contributed by atoms with Gasteiger partial charge >= 0.3 is 5.97 Å². The highest BCUT2D eigenvalue weighted by Gasteiger charge is 2.55. The lowest BCUT2D eigenvalue weighted by Gasteiger charge is -2.55. The predicted octanol–water partition coefficient (Wildman–Crippen LogP) is 2.67. The number of esters is 1. The third-order valence-electron chi connectivity index (χ3n) is 8.54. The van der Waals surface area contributed by atoms with Gasteiger partial charge in [0.15, 0.2) is 5.11 Å². The van der Waals surface area contributed by atoms with Crippen LogP contribution in [-0.2, 0) is 19.1 Å². The van der Waals surface area contributed by atoms with Gasteiger partial charge in [-0.3, -0.25) is 14.4 Å². The van der Waals surface area contributed by atoms with Crippen LogP contribution in [0.15, 0.2) is 0 Å². The molecule has 1 saturated heterocycles. The van der Waals surface area contributed by atoms with Crippen molar-refractivity contribution in [2.24, 2.45) is 23.2 Å². The van der Waals surface area contributed by atoms with Crippen molar-refractivity contribution in [3.63, 3.8) is 0 Å². The molecule has 1 heterocycles. The zero-order valence-electron chi connectivity index (χ0n) is 18.8. The van der Waals surface area contributed by atoms with Crippen molar-refractivity contribution in [2.75, 3.05) is 13.1 Å². The van der Waals surface area contributed by atoms with Crippen LogP contribution in [-0.4, -0.2) is 53.0 Å². The summed E-state index contributed by atoms with van der Waals surface area (Å²) in [6.45, 7) is 0.924. The zero-order valence-corrected chi connectivity index (χ0v) is 19.6. The molecule has 0 aromatic heterocycles. The minimum absolute atomic E-state index is 0.0242. The van der Waals surface area contributed by atoms with Crippen molar-refractivity contribution in [3.05, 3.63) is 0 Å². The number of carbonyl (C=O) groups is 3. The maximum atomic E-state index is 13.4. The largest absolute Gasteiger partial charge is 0.462 e. The third kappa shape index (κ3) is 4.39. The molecule has 0 spiro atoms. The molecule has 2 N–H and O–H groups in total. The fourth-order valence-electron chi connectivity index (χ4n) is 7.43. The summed E-state index contributed by atoms with van der Waals surface area (Å²) in [6, 6.07) is -0.732. The average molecular weight is 462 g/mol. The Morgan fingerprint density at radius 3 is 2.31 bits per heavy atom. The van der Waals surface area contributed by atoms with E-state index >= 15 is 0 Å². The summed E-state index contributed by atoms with van der Waals surface area (Å²) in [5.74, 6) is 1.44. The van der Waals surface area contributed by atoms with Crippen molar-refractivity contribution in [1.29, 1.82) is 0 Å². The van der Waals surface area contributed by atoms with Gasteiger partial charge in [-0.15, -0.1) is 0 Å². The number of piperazine rings is 1. The van der Waals surface area contributed by atoms with Gasteiger partial charge in [-0.25, -0.2) is 0 Å². The van der Waals surface area contributed by atoms with Gasteiger partial charge in [0.05, 0.1) is 11.8 Å². The second-order valence-corrected chi connectivity index (χ2v) is 11.3. The zero-order chi connectivity index (χ0) is 22.3. The molecule has 5 aliphatic carbocycles. The first-order valence-electron chi connectivity index (χ1n) is 12.5. The summed E-state index contributed by atoms with van der Waals surface area (Å²) in [5.41, 5.74) is -0.299. The van der Waals surface area contributed by atoms with E-state index in [0.29, 0.717) is 30.8 Å². The number of carbonyl (C=O) groups excluding carboxylic acids is 3. The Morgan fingerprint density at radius 2 is 1.69 bits per heavy atom. The Balaban J connectivity index is 1.22. The van der Waals surface area contributed by atoms with Crippen LogP contribution in [0.2, 0.25) is 0 Å². The maximum Gasteiger partial charge on any atom is 0.308 e. The summed E-state index contributed by atoms with van der Waals surface area (Å²) in [4.78, 5) is 40.3. The quantitative estimate of drug-likeness (QED) is 0.494. The first kappa shape index (κ1) is 22.1. The Labute approximate surface area is 195 Å². The fourth-order valence-corrected chi connectivity index (χ4v) is 7.74. The molecule has 1 unspecified atom stereocenters. The molecule has 4 bridgehead atoms. The monoisotopic (exact) mass is 461 g/mol. The third-order valence-corrected chi connectivity index (χ3v) is 8.88. The summed E-state index contributed by atoms with van der Waals surface area (Å²) in [7, 11) is 0. The molecule has 176 valence electrons. The lowest BCUT2D eigenvalue weighted by Crippen LogP contribution is -2.62. The van der Waals surface area contributed by atoms with Gasteiger partial charge in [-0.05, 0) is 94.2 Å². The molecule has 7 nitrogen and oxygen atoms in total. The Kier molecular flexibility index (Phi) is 6.16. The molecule has 0 aromatic carbocycles. The van der Waals surface area contributed by atoms with E-state index in [2.05, 4.69) is 10.6 Å². The van der Waals surface area contributed by atoms with Gasteiger partial charge in [-0.1, -0.05) is 6.42 Å². The SMILES string of the molecule is O=C(CC1C(=O)NCCN1C(=S)NC(=O)C12CC3CC(CC(C3)C1)C2)OC1CCCCC1. The van der Waals surface area contributed by atoms with E-state index < -0.39 is 6.04 Å². The molecule has 32 heavy (non-hydrogen) atoms. The van der Waals surface area contributed by atoms with Crippen LogP contribution in [0, 0.1) is 23.2 Å². The lowest BCUT2D eigenvalue weighted by molar-refractivity contribution is -0.153. The van der Waals surface area contributed by atoms with E-state index in [1.807, 2.05) is 0 Å². The Morgan fingerprint density at radius 1 is 1.06 bits per heavy atom. The van der Waals surface area contributed by atoms with Gasteiger partial charge in [0.2, 0.25) is 11.8 Å².